The van der Waals surface area contributed by atoms with E-state index < -0.39 is 5.92 Å². The molecule has 1 N–H and O–H groups in total. The number of rotatable bonds is 7. The Kier molecular flexibility index (Phi) is 5.58. The number of fused-ring (bicyclic) bond motifs is 1. The lowest BCUT2D eigenvalue weighted by Gasteiger charge is -2.20. The summed E-state index contributed by atoms with van der Waals surface area (Å²) in [4.78, 5) is 26.3. The number of aliphatic hydroxyl groups is 1. The van der Waals surface area contributed by atoms with Crippen LogP contribution >= 0.6 is 0 Å². The highest BCUT2D eigenvalue weighted by Crippen LogP contribution is 2.43. The van der Waals surface area contributed by atoms with Crippen molar-refractivity contribution >= 4 is 17.3 Å². The van der Waals surface area contributed by atoms with Crippen molar-refractivity contribution < 1.29 is 24.2 Å². The monoisotopic (exact) mass is 414 g/mol. The van der Waals surface area contributed by atoms with Gasteiger partial charge in [0.15, 0.2) is 23.1 Å². The fourth-order valence-corrected chi connectivity index (χ4v) is 3.99. The van der Waals surface area contributed by atoms with Gasteiger partial charge in [-0.15, -0.1) is 0 Å². The van der Waals surface area contributed by atoms with Gasteiger partial charge in [-0.1, -0.05) is 60.7 Å². The van der Waals surface area contributed by atoms with E-state index in [1.165, 1.54) is 7.11 Å². The van der Waals surface area contributed by atoms with E-state index in [9.17, 15) is 14.7 Å². The van der Waals surface area contributed by atoms with Gasteiger partial charge < -0.3 is 14.6 Å². The zero-order valence-corrected chi connectivity index (χ0v) is 17.3. The summed E-state index contributed by atoms with van der Waals surface area (Å²) in [5.41, 5.74) is 2.38. The van der Waals surface area contributed by atoms with Crippen molar-refractivity contribution in [2.75, 3.05) is 14.2 Å². The minimum absolute atomic E-state index is 0.0264. The number of benzene rings is 3. The summed E-state index contributed by atoms with van der Waals surface area (Å²) < 4.78 is 10.7. The predicted molar refractivity (Wildman–Crippen MR) is 118 cm³/mol. The van der Waals surface area contributed by atoms with Crippen molar-refractivity contribution in [2.24, 2.45) is 0 Å². The van der Waals surface area contributed by atoms with Crippen molar-refractivity contribution in [3.05, 3.63) is 101 Å². The number of carbonyl (C=O) groups is 2. The number of aliphatic hydroxyl groups excluding tert-OH is 1. The van der Waals surface area contributed by atoms with E-state index in [-0.39, 0.29) is 29.3 Å². The SMILES string of the molecule is COc1ccc(C(CC(=O)c2ccccc2)C2=C(O)c3ccccc3C2=O)cc1OC. The molecule has 1 atom stereocenters. The Hall–Kier alpha value is -3.86. The average Bonchev–Trinajstić information content (AvgIpc) is 3.07. The fourth-order valence-electron chi connectivity index (χ4n) is 3.99. The third kappa shape index (κ3) is 3.70. The van der Waals surface area contributed by atoms with Crippen LogP contribution in [-0.4, -0.2) is 30.9 Å². The smallest absolute Gasteiger partial charge is 0.194 e. The van der Waals surface area contributed by atoms with Crippen LogP contribution < -0.4 is 9.47 Å². The largest absolute Gasteiger partial charge is 0.507 e. The van der Waals surface area contributed by atoms with Gasteiger partial charge in [-0.3, -0.25) is 9.59 Å². The molecule has 0 saturated heterocycles. The number of hydrogen-bond acceptors (Lipinski definition) is 5. The fraction of sp³-hybridized carbons (Fsp3) is 0.154. The lowest BCUT2D eigenvalue weighted by atomic mass is 9.83. The molecule has 1 aliphatic carbocycles. The minimum atomic E-state index is -0.646. The van der Waals surface area contributed by atoms with Gasteiger partial charge in [-0.05, 0) is 17.7 Å². The lowest BCUT2D eigenvalue weighted by molar-refractivity contribution is 0.0972. The van der Waals surface area contributed by atoms with Crippen LogP contribution in [0.3, 0.4) is 0 Å². The number of hydrogen-bond donors (Lipinski definition) is 1. The minimum Gasteiger partial charge on any atom is -0.507 e. The quantitative estimate of drug-likeness (QED) is 0.536. The molecule has 5 nitrogen and oxygen atoms in total. The summed E-state index contributed by atoms with van der Waals surface area (Å²) in [5.74, 6) is -0.0920. The van der Waals surface area contributed by atoms with Gasteiger partial charge in [0, 0.05) is 29.0 Å². The molecule has 1 aliphatic rings. The normalized spacial score (nSPS) is 13.7. The van der Waals surface area contributed by atoms with Crippen LogP contribution in [0, 0.1) is 0 Å². The van der Waals surface area contributed by atoms with Crippen molar-refractivity contribution in [2.45, 2.75) is 12.3 Å². The Labute approximate surface area is 180 Å². The van der Waals surface area contributed by atoms with E-state index in [1.807, 2.05) is 6.07 Å². The third-order valence-electron chi connectivity index (χ3n) is 5.57. The Morgan fingerprint density at radius 2 is 1.52 bits per heavy atom. The number of allylic oxidation sites excluding steroid dienone is 1. The van der Waals surface area contributed by atoms with Gasteiger partial charge in [0.25, 0.3) is 0 Å². The number of methoxy groups -OCH3 is 2. The third-order valence-corrected chi connectivity index (χ3v) is 5.57. The van der Waals surface area contributed by atoms with Gasteiger partial charge >= 0.3 is 0 Å². The molecule has 0 radical (unpaired) electrons. The van der Waals surface area contributed by atoms with Crippen LogP contribution in [0.4, 0.5) is 0 Å². The summed E-state index contributed by atoms with van der Waals surface area (Å²) in [6.45, 7) is 0. The van der Waals surface area contributed by atoms with Gasteiger partial charge in [-0.25, -0.2) is 0 Å². The van der Waals surface area contributed by atoms with Crippen molar-refractivity contribution in [3.63, 3.8) is 0 Å². The molecule has 5 heteroatoms. The maximum atomic E-state index is 13.2. The summed E-state index contributed by atoms with van der Waals surface area (Å²) in [6, 6.07) is 21.1. The van der Waals surface area contributed by atoms with Crippen molar-refractivity contribution in [1.29, 1.82) is 0 Å². The van der Waals surface area contributed by atoms with Crippen molar-refractivity contribution in [1.82, 2.24) is 0 Å². The number of ether oxygens (including phenoxy) is 2. The highest BCUT2D eigenvalue weighted by atomic mass is 16.5. The molecule has 0 bridgehead atoms. The molecule has 3 aromatic carbocycles. The molecular formula is C26H22O5. The van der Waals surface area contributed by atoms with E-state index in [0.717, 1.165) is 0 Å². The van der Waals surface area contributed by atoms with Crippen LogP contribution in [0.2, 0.25) is 0 Å². The first kappa shape index (κ1) is 20.4. The van der Waals surface area contributed by atoms with Gasteiger partial charge in [-0.2, -0.15) is 0 Å². The molecule has 0 aliphatic heterocycles. The molecule has 0 spiro atoms. The number of ketones is 2. The second kappa shape index (κ2) is 8.48. The summed E-state index contributed by atoms with van der Waals surface area (Å²) >= 11 is 0. The Morgan fingerprint density at radius 1 is 0.871 bits per heavy atom. The molecule has 4 rings (SSSR count). The first-order valence-corrected chi connectivity index (χ1v) is 9.92. The molecular weight excluding hydrogens is 392 g/mol. The standard InChI is InChI=1S/C26H22O5/c1-30-22-13-12-17(14-23(22)31-2)20(15-21(27)16-8-4-3-5-9-16)24-25(28)18-10-6-7-11-19(18)26(24)29/h3-14,20,28H,15H2,1-2H3. The van der Waals surface area contributed by atoms with Gasteiger partial charge in [0.1, 0.15) is 5.76 Å². The number of carbonyl (C=O) groups excluding carboxylic acids is 2. The predicted octanol–water partition coefficient (Wildman–Crippen LogP) is 5.23. The molecule has 156 valence electrons. The van der Waals surface area contributed by atoms with Crippen LogP contribution in [-0.2, 0) is 0 Å². The Morgan fingerprint density at radius 3 is 2.16 bits per heavy atom. The average molecular weight is 414 g/mol. The van der Waals surface area contributed by atoms with E-state index in [1.54, 1.807) is 73.8 Å². The first-order valence-electron chi connectivity index (χ1n) is 9.92. The Balaban J connectivity index is 1.82. The molecule has 3 aromatic rings. The zero-order chi connectivity index (χ0) is 22.0. The topological polar surface area (TPSA) is 72.8 Å². The lowest BCUT2D eigenvalue weighted by Crippen LogP contribution is -2.15. The van der Waals surface area contributed by atoms with Crippen LogP contribution in [0.1, 0.15) is 44.2 Å². The summed E-state index contributed by atoms with van der Waals surface area (Å²) in [5, 5.41) is 10.9. The summed E-state index contributed by atoms with van der Waals surface area (Å²) in [6.07, 6.45) is 0.0264. The van der Waals surface area contributed by atoms with Crippen LogP contribution in [0.5, 0.6) is 11.5 Å². The molecule has 1 unspecified atom stereocenters. The van der Waals surface area contributed by atoms with E-state index in [0.29, 0.717) is 33.8 Å². The van der Waals surface area contributed by atoms with Crippen LogP contribution in [0.15, 0.2) is 78.4 Å². The van der Waals surface area contributed by atoms with Crippen molar-refractivity contribution in [3.8, 4) is 11.5 Å². The first-order chi connectivity index (χ1) is 15.0. The molecule has 0 amide bonds. The van der Waals surface area contributed by atoms with Gasteiger partial charge in [0.05, 0.1) is 19.8 Å². The van der Waals surface area contributed by atoms with E-state index in [2.05, 4.69) is 0 Å². The van der Waals surface area contributed by atoms with E-state index in [4.69, 9.17) is 9.47 Å². The highest BCUT2D eigenvalue weighted by Gasteiger charge is 2.36. The molecule has 31 heavy (non-hydrogen) atoms. The highest BCUT2D eigenvalue weighted by molar-refractivity contribution is 6.20. The number of Topliss-reactive ketones (excluding diaryl/α,β-unsaturated/α-hetero) is 2. The molecule has 0 heterocycles. The van der Waals surface area contributed by atoms with E-state index >= 15 is 0 Å². The molecule has 0 aromatic heterocycles. The summed E-state index contributed by atoms with van der Waals surface area (Å²) in [7, 11) is 3.07. The maximum Gasteiger partial charge on any atom is 0.194 e. The zero-order valence-electron chi connectivity index (χ0n) is 17.3. The Bertz CT molecular complexity index is 1180. The second-order valence-corrected chi connectivity index (χ2v) is 7.30. The van der Waals surface area contributed by atoms with Gasteiger partial charge in [0.2, 0.25) is 0 Å². The maximum absolute atomic E-state index is 13.2. The molecule has 0 saturated carbocycles. The second-order valence-electron chi connectivity index (χ2n) is 7.30. The molecule has 0 fully saturated rings. The van der Waals surface area contributed by atoms with Crippen LogP contribution in [0.25, 0.3) is 5.76 Å².